The molecule has 1 aliphatic heterocycles. The summed E-state index contributed by atoms with van der Waals surface area (Å²) in [4.78, 5) is 29.0. The monoisotopic (exact) mass is 385 g/mol. The first-order valence-corrected chi connectivity index (χ1v) is 9.40. The summed E-state index contributed by atoms with van der Waals surface area (Å²) in [5.74, 6) is 1.92. The number of carbonyl (C=O) groups is 2. The third-order valence-electron chi connectivity index (χ3n) is 4.93. The van der Waals surface area contributed by atoms with Gasteiger partial charge in [0.2, 0.25) is 5.91 Å². The fraction of sp³-hybridized carbons (Fsp3) is 0.429. The van der Waals surface area contributed by atoms with Crippen molar-refractivity contribution in [2.24, 2.45) is 0 Å². The Hall–Kier alpha value is -2.80. The average Bonchev–Trinajstić information content (AvgIpc) is 3.00. The van der Waals surface area contributed by atoms with Gasteiger partial charge >= 0.3 is 0 Å². The zero-order valence-corrected chi connectivity index (χ0v) is 16.9. The van der Waals surface area contributed by atoms with Crippen LogP contribution in [-0.2, 0) is 4.79 Å². The number of anilines is 1. The summed E-state index contributed by atoms with van der Waals surface area (Å²) in [5.41, 5.74) is 2.34. The third-order valence-corrected chi connectivity index (χ3v) is 4.93. The number of piperazine rings is 1. The first-order valence-electron chi connectivity index (χ1n) is 9.40. The quantitative estimate of drug-likeness (QED) is 0.856. The van der Waals surface area contributed by atoms with Crippen molar-refractivity contribution >= 4 is 17.5 Å². The van der Waals surface area contributed by atoms with Gasteiger partial charge in [-0.1, -0.05) is 6.07 Å². The second-order valence-electron chi connectivity index (χ2n) is 7.15. The molecule has 2 amide bonds. The van der Waals surface area contributed by atoms with Crippen LogP contribution in [0.1, 0.15) is 27.4 Å². The average molecular weight is 385 g/mol. The molecule has 1 fully saturated rings. The Morgan fingerprint density at radius 3 is 2.43 bits per heavy atom. The van der Waals surface area contributed by atoms with Crippen LogP contribution in [0.4, 0.5) is 5.69 Å². The smallest absolute Gasteiger partial charge is 0.257 e. The van der Waals surface area contributed by atoms with Gasteiger partial charge in [0.15, 0.2) is 0 Å². The van der Waals surface area contributed by atoms with Gasteiger partial charge in [0.25, 0.3) is 5.91 Å². The maximum absolute atomic E-state index is 12.7. The highest BCUT2D eigenvalue weighted by Crippen LogP contribution is 2.25. The molecule has 28 heavy (non-hydrogen) atoms. The zero-order valence-electron chi connectivity index (χ0n) is 16.9. The maximum Gasteiger partial charge on any atom is 0.257 e. The predicted molar refractivity (Wildman–Crippen MR) is 107 cm³/mol. The van der Waals surface area contributed by atoms with Crippen LogP contribution >= 0.6 is 0 Å². The molecule has 2 heterocycles. The Balaban J connectivity index is 1.53. The highest BCUT2D eigenvalue weighted by molar-refractivity contribution is 5.95. The van der Waals surface area contributed by atoms with Crippen LogP contribution in [0.2, 0.25) is 0 Å². The molecular formula is C21H27N3O4. The van der Waals surface area contributed by atoms with Crippen molar-refractivity contribution in [3.63, 3.8) is 0 Å². The van der Waals surface area contributed by atoms with E-state index in [9.17, 15) is 9.59 Å². The largest absolute Gasteiger partial charge is 0.495 e. The molecule has 1 aliphatic rings. The van der Waals surface area contributed by atoms with Gasteiger partial charge in [0, 0.05) is 26.2 Å². The molecule has 1 aromatic carbocycles. The first-order chi connectivity index (χ1) is 13.4. The number of carbonyl (C=O) groups excluding carboxylic acids is 2. The van der Waals surface area contributed by atoms with Crippen LogP contribution in [0, 0.1) is 20.8 Å². The highest BCUT2D eigenvalue weighted by atomic mass is 16.5. The maximum atomic E-state index is 12.7. The Kier molecular flexibility index (Phi) is 6.04. The molecule has 3 rings (SSSR count). The summed E-state index contributed by atoms with van der Waals surface area (Å²) < 4.78 is 10.8. The summed E-state index contributed by atoms with van der Waals surface area (Å²) in [5, 5.41) is 2.92. The summed E-state index contributed by atoms with van der Waals surface area (Å²) in [6.07, 6.45) is 0. The summed E-state index contributed by atoms with van der Waals surface area (Å²) in [6, 6.07) is 7.46. The zero-order chi connectivity index (χ0) is 20.3. The number of rotatable bonds is 5. The van der Waals surface area contributed by atoms with Crippen molar-refractivity contribution in [2.45, 2.75) is 20.8 Å². The lowest BCUT2D eigenvalue weighted by Crippen LogP contribution is -2.50. The summed E-state index contributed by atoms with van der Waals surface area (Å²) in [6.45, 7) is 8.37. The van der Waals surface area contributed by atoms with Gasteiger partial charge in [-0.25, -0.2) is 0 Å². The van der Waals surface area contributed by atoms with Gasteiger partial charge < -0.3 is 19.4 Å². The Labute approximate surface area is 165 Å². The van der Waals surface area contributed by atoms with Gasteiger partial charge in [-0.2, -0.15) is 0 Å². The number of hydrogen-bond donors (Lipinski definition) is 1. The van der Waals surface area contributed by atoms with E-state index < -0.39 is 0 Å². The minimum Gasteiger partial charge on any atom is -0.495 e. The predicted octanol–water partition coefficient (Wildman–Crippen LogP) is 2.61. The molecule has 0 bridgehead atoms. The summed E-state index contributed by atoms with van der Waals surface area (Å²) >= 11 is 0. The minimum atomic E-state index is -0.0926. The molecule has 0 spiro atoms. The van der Waals surface area contributed by atoms with Crippen LogP contribution in [-0.4, -0.2) is 61.4 Å². The molecule has 0 atom stereocenters. The van der Waals surface area contributed by atoms with Crippen molar-refractivity contribution < 1.29 is 18.7 Å². The molecular weight excluding hydrogens is 358 g/mol. The van der Waals surface area contributed by atoms with Crippen molar-refractivity contribution in [2.75, 3.05) is 45.2 Å². The van der Waals surface area contributed by atoms with Crippen molar-refractivity contribution in [1.29, 1.82) is 0 Å². The topological polar surface area (TPSA) is 75.0 Å². The molecule has 0 unspecified atom stereocenters. The molecule has 0 saturated carbocycles. The van der Waals surface area contributed by atoms with E-state index in [0.29, 0.717) is 48.9 Å². The molecule has 0 aliphatic carbocycles. The lowest BCUT2D eigenvalue weighted by atomic mass is 10.2. The third kappa shape index (κ3) is 4.54. The minimum absolute atomic E-state index is 0.0112. The van der Waals surface area contributed by atoms with Crippen LogP contribution in [0.5, 0.6) is 5.75 Å². The van der Waals surface area contributed by atoms with E-state index in [1.807, 2.05) is 36.9 Å². The van der Waals surface area contributed by atoms with Crippen LogP contribution in [0.15, 0.2) is 28.7 Å². The van der Waals surface area contributed by atoms with E-state index in [0.717, 1.165) is 11.3 Å². The molecule has 7 heteroatoms. The number of aryl methyl sites for hydroxylation is 3. The standard InChI is InChI=1S/C21H27N3O4/c1-14-5-6-19(27-4)18(11-14)22-20(25)13-23-7-9-24(10-8-23)21(26)17-12-15(2)28-16(17)3/h5-6,11-12H,7-10,13H2,1-4H3,(H,22,25). The van der Waals surface area contributed by atoms with E-state index in [-0.39, 0.29) is 18.4 Å². The first kappa shape index (κ1) is 19.9. The Morgan fingerprint density at radius 1 is 1.11 bits per heavy atom. The van der Waals surface area contributed by atoms with Gasteiger partial charge in [0.1, 0.15) is 17.3 Å². The van der Waals surface area contributed by atoms with Crippen molar-refractivity contribution in [1.82, 2.24) is 9.80 Å². The Bertz CT molecular complexity index is 867. The normalized spacial score (nSPS) is 14.8. The van der Waals surface area contributed by atoms with Crippen LogP contribution < -0.4 is 10.1 Å². The van der Waals surface area contributed by atoms with Gasteiger partial charge in [-0.15, -0.1) is 0 Å². The SMILES string of the molecule is COc1ccc(C)cc1NC(=O)CN1CCN(C(=O)c2cc(C)oc2C)CC1. The number of ether oxygens (including phenoxy) is 1. The van der Waals surface area contributed by atoms with Gasteiger partial charge in [-0.3, -0.25) is 14.5 Å². The second kappa shape index (κ2) is 8.48. The van der Waals surface area contributed by atoms with E-state index >= 15 is 0 Å². The van der Waals surface area contributed by atoms with Crippen LogP contribution in [0.3, 0.4) is 0 Å². The number of hydrogen-bond acceptors (Lipinski definition) is 5. The molecule has 2 aromatic rings. The molecule has 1 aromatic heterocycles. The van der Waals surface area contributed by atoms with Crippen molar-refractivity contribution in [3.8, 4) is 5.75 Å². The summed E-state index contributed by atoms with van der Waals surface area (Å²) in [7, 11) is 1.58. The van der Waals surface area contributed by atoms with Gasteiger partial charge in [-0.05, 0) is 44.5 Å². The lowest BCUT2D eigenvalue weighted by Gasteiger charge is -2.34. The van der Waals surface area contributed by atoms with Crippen molar-refractivity contribution in [3.05, 3.63) is 46.9 Å². The lowest BCUT2D eigenvalue weighted by molar-refractivity contribution is -0.117. The fourth-order valence-corrected chi connectivity index (χ4v) is 3.43. The number of furan rings is 1. The fourth-order valence-electron chi connectivity index (χ4n) is 3.43. The molecule has 150 valence electrons. The number of nitrogens with one attached hydrogen (secondary N) is 1. The molecule has 1 saturated heterocycles. The van der Waals surface area contributed by atoms with E-state index in [4.69, 9.17) is 9.15 Å². The number of nitrogens with zero attached hydrogens (tertiary/aromatic N) is 2. The number of amides is 2. The van der Waals surface area contributed by atoms with E-state index in [1.54, 1.807) is 20.1 Å². The van der Waals surface area contributed by atoms with Crippen LogP contribution in [0.25, 0.3) is 0 Å². The highest BCUT2D eigenvalue weighted by Gasteiger charge is 2.25. The van der Waals surface area contributed by atoms with E-state index in [1.165, 1.54) is 0 Å². The number of benzene rings is 1. The second-order valence-corrected chi connectivity index (χ2v) is 7.15. The molecule has 7 nitrogen and oxygen atoms in total. The van der Waals surface area contributed by atoms with Gasteiger partial charge in [0.05, 0.1) is 24.9 Å². The number of methoxy groups -OCH3 is 1. The Morgan fingerprint density at radius 2 is 1.82 bits per heavy atom. The molecule has 1 N–H and O–H groups in total. The molecule has 0 radical (unpaired) electrons. The van der Waals surface area contributed by atoms with E-state index in [2.05, 4.69) is 10.2 Å².